The normalized spacial score (nSPS) is 12.3. The summed E-state index contributed by atoms with van der Waals surface area (Å²) in [6.45, 7) is 1.30. The first-order valence-corrected chi connectivity index (χ1v) is 10.1. The fourth-order valence-corrected chi connectivity index (χ4v) is 3.05. The van der Waals surface area contributed by atoms with Crippen molar-refractivity contribution >= 4 is 50.6 Å². The van der Waals surface area contributed by atoms with Gasteiger partial charge in [0, 0.05) is 6.26 Å². The maximum absolute atomic E-state index is 13.0. The number of anilines is 1. The molecule has 0 fully saturated rings. The van der Waals surface area contributed by atoms with Crippen molar-refractivity contribution in [2.75, 3.05) is 11.6 Å². The van der Waals surface area contributed by atoms with E-state index < -0.39 is 33.6 Å². The predicted octanol–water partition coefficient (Wildman–Crippen LogP) is 3.72. The molecule has 1 atom stereocenters. The van der Waals surface area contributed by atoms with Gasteiger partial charge in [-0.15, -0.1) is 0 Å². The second kappa shape index (κ2) is 8.24. The molecule has 2 aromatic carbocycles. The average molecular weight is 434 g/mol. The lowest BCUT2D eigenvalue weighted by Crippen LogP contribution is -2.30. The van der Waals surface area contributed by atoms with Crippen molar-refractivity contribution in [3.63, 3.8) is 0 Å². The van der Waals surface area contributed by atoms with Gasteiger partial charge in [0.2, 0.25) is 0 Å². The van der Waals surface area contributed by atoms with Gasteiger partial charge in [-0.1, -0.05) is 23.2 Å². The molecular weight excluding hydrogens is 420 g/mol. The number of esters is 1. The second-order valence-corrected chi connectivity index (χ2v) is 8.40. The summed E-state index contributed by atoms with van der Waals surface area (Å²) in [5.74, 6) is -2.26. The third-order valence-corrected chi connectivity index (χ3v) is 5.18. The number of carbonyl (C=O) groups excluding carboxylic acids is 2. The summed E-state index contributed by atoms with van der Waals surface area (Å²) in [5, 5.41) is 2.35. The number of sulfone groups is 1. The van der Waals surface area contributed by atoms with Gasteiger partial charge < -0.3 is 10.1 Å². The number of ether oxygens (including phenoxy) is 1. The number of nitrogens with one attached hydrogen (secondary N) is 1. The van der Waals surface area contributed by atoms with Gasteiger partial charge in [0.25, 0.3) is 5.91 Å². The fourth-order valence-electron chi connectivity index (χ4n) is 1.99. The Labute approximate surface area is 165 Å². The van der Waals surface area contributed by atoms with E-state index in [4.69, 9.17) is 27.9 Å². The number of rotatable bonds is 5. The van der Waals surface area contributed by atoms with E-state index in [0.29, 0.717) is 0 Å². The number of halogens is 3. The van der Waals surface area contributed by atoms with Crippen LogP contribution in [0.5, 0.6) is 0 Å². The molecule has 0 spiro atoms. The molecule has 6 nitrogen and oxygen atoms in total. The topological polar surface area (TPSA) is 89.5 Å². The van der Waals surface area contributed by atoms with E-state index in [2.05, 4.69) is 5.32 Å². The molecule has 0 aliphatic heterocycles. The summed E-state index contributed by atoms with van der Waals surface area (Å²) in [6, 6.07) is 6.95. The van der Waals surface area contributed by atoms with Crippen molar-refractivity contribution in [3.05, 3.63) is 57.8 Å². The summed E-state index contributed by atoms with van der Waals surface area (Å²) >= 11 is 11.7. The SMILES string of the molecule is C[C@@H](OC(=O)c1cc(S(C)(=O)=O)ccc1Cl)C(=O)Nc1ccc(F)cc1Cl. The molecule has 144 valence electrons. The zero-order chi connectivity index (χ0) is 20.4. The van der Waals surface area contributed by atoms with E-state index in [9.17, 15) is 22.4 Å². The van der Waals surface area contributed by atoms with Crippen molar-refractivity contribution in [1.29, 1.82) is 0 Å². The fraction of sp³-hybridized carbons (Fsp3) is 0.176. The number of carbonyl (C=O) groups is 2. The van der Waals surface area contributed by atoms with Crippen LogP contribution < -0.4 is 5.32 Å². The maximum Gasteiger partial charge on any atom is 0.340 e. The Kier molecular flexibility index (Phi) is 6.46. The third-order valence-electron chi connectivity index (χ3n) is 3.43. The van der Waals surface area contributed by atoms with E-state index in [1.165, 1.54) is 25.1 Å². The van der Waals surface area contributed by atoms with Crippen molar-refractivity contribution in [3.8, 4) is 0 Å². The first-order chi connectivity index (χ1) is 12.5. The molecular formula is C17H14Cl2FNO5S. The highest BCUT2D eigenvalue weighted by Gasteiger charge is 2.23. The largest absolute Gasteiger partial charge is 0.449 e. The highest BCUT2D eigenvalue weighted by atomic mass is 35.5. The van der Waals surface area contributed by atoms with Crippen LogP contribution in [0.4, 0.5) is 10.1 Å². The van der Waals surface area contributed by atoms with Crippen LogP contribution in [-0.2, 0) is 19.4 Å². The highest BCUT2D eigenvalue weighted by molar-refractivity contribution is 7.90. The number of amides is 1. The lowest BCUT2D eigenvalue weighted by atomic mass is 10.2. The lowest BCUT2D eigenvalue weighted by molar-refractivity contribution is -0.123. The van der Waals surface area contributed by atoms with Gasteiger partial charge in [-0.25, -0.2) is 17.6 Å². The van der Waals surface area contributed by atoms with Gasteiger partial charge in [-0.2, -0.15) is 0 Å². The van der Waals surface area contributed by atoms with E-state index in [-0.39, 0.29) is 26.2 Å². The Balaban J connectivity index is 2.14. The van der Waals surface area contributed by atoms with Crippen molar-refractivity contribution in [2.45, 2.75) is 17.9 Å². The average Bonchev–Trinajstić information content (AvgIpc) is 2.56. The molecule has 1 N–H and O–H groups in total. The molecule has 0 unspecified atom stereocenters. The van der Waals surface area contributed by atoms with Crippen LogP contribution in [-0.4, -0.2) is 32.7 Å². The molecule has 0 heterocycles. The summed E-state index contributed by atoms with van der Waals surface area (Å²) in [7, 11) is -3.56. The molecule has 2 aromatic rings. The Hall–Kier alpha value is -2.16. The Morgan fingerprint density at radius 3 is 2.37 bits per heavy atom. The van der Waals surface area contributed by atoms with Gasteiger partial charge >= 0.3 is 5.97 Å². The standard InChI is InChI=1S/C17H14Cl2FNO5S/c1-9(16(22)21-15-6-3-10(20)7-14(15)19)26-17(23)12-8-11(27(2,24)25)4-5-13(12)18/h3-9H,1-2H3,(H,21,22)/t9-/m1/s1. The first kappa shape index (κ1) is 21.1. The number of hydrogen-bond acceptors (Lipinski definition) is 5. The predicted molar refractivity (Wildman–Crippen MR) is 99.5 cm³/mol. The Bertz CT molecular complexity index is 1010. The van der Waals surface area contributed by atoms with Crippen LogP contribution in [0.3, 0.4) is 0 Å². The van der Waals surface area contributed by atoms with Crippen molar-refractivity contribution in [2.24, 2.45) is 0 Å². The van der Waals surface area contributed by atoms with Crippen molar-refractivity contribution in [1.82, 2.24) is 0 Å². The zero-order valence-corrected chi connectivity index (χ0v) is 16.5. The molecule has 0 saturated heterocycles. The minimum absolute atomic E-state index is 0.0224. The van der Waals surface area contributed by atoms with Crippen LogP contribution in [0.2, 0.25) is 10.0 Å². The maximum atomic E-state index is 13.0. The van der Waals surface area contributed by atoms with Crippen LogP contribution in [0.15, 0.2) is 41.3 Å². The highest BCUT2D eigenvalue weighted by Crippen LogP contribution is 2.24. The molecule has 0 aliphatic carbocycles. The molecule has 0 bridgehead atoms. The van der Waals surface area contributed by atoms with Crippen LogP contribution in [0, 0.1) is 5.82 Å². The molecule has 10 heteroatoms. The summed E-state index contributed by atoms with van der Waals surface area (Å²) in [5.41, 5.74) is -0.0536. The molecule has 1 amide bonds. The van der Waals surface area contributed by atoms with Gasteiger partial charge in [0.05, 0.1) is 26.2 Å². The monoisotopic (exact) mass is 433 g/mol. The van der Waals surface area contributed by atoms with E-state index in [1.54, 1.807) is 0 Å². The summed E-state index contributed by atoms with van der Waals surface area (Å²) < 4.78 is 41.3. The molecule has 2 rings (SSSR count). The minimum Gasteiger partial charge on any atom is -0.449 e. The molecule has 27 heavy (non-hydrogen) atoms. The minimum atomic E-state index is -3.56. The Morgan fingerprint density at radius 2 is 1.78 bits per heavy atom. The van der Waals surface area contributed by atoms with Gasteiger partial charge in [0.15, 0.2) is 15.9 Å². The van der Waals surface area contributed by atoms with Gasteiger partial charge in [-0.3, -0.25) is 4.79 Å². The van der Waals surface area contributed by atoms with Gasteiger partial charge in [-0.05, 0) is 43.3 Å². The van der Waals surface area contributed by atoms with Crippen LogP contribution in [0.1, 0.15) is 17.3 Å². The molecule has 0 aromatic heterocycles. The van der Waals surface area contributed by atoms with Crippen LogP contribution in [0.25, 0.3) is 0 Å². The molecule has 0 aliphatic rings. The second-order valence-electron chi connectivity index (χ2n) is 5.57. The molecule has 0 radical (unpaired) electrons. The first-order valence-electron chi connectivity index (χ1n) is 7.45. The molecule has 0 saturated carbocycles. The van der Waals surface area contributed by atoms with Crippen LogP contribution >= 0.6 is 23.2 Å². The van der Waals surface area contributed by atoms with E-state index in [1.807, 2.05) is 0 Å². The smallest absolute Gasteiger partial charge is 0.340 e. The zero-order valence-electron chi connectivity index (χ0n) is 14.1. The summed E-state index contributed by atoms with van der Waals surface area (Å²) in [4.78, 5) is 24.3. The Morgan fingerprint density at radius 1 is 1.11 bits per heavy atom. The lowest BCUT2D eigenvalue weighted by Gasteiger charge is -2.15. The third kappa shape index (κ3) is 5.41. The number of benzene rings is 2. The van der Waals surface area contributed by atoms with Gasteiger partial charge in [0.1, 0.15) is 5.82 Å². The quantitative estimate of drug-likeness (QED) is 0.725. The van der Waals surface area contributed by atoms with Crippen molar-refractivity contribution < 1.29 is 27.1 Å². The summed E-state index contributed by atoms with van der Waals surface area (Å²) in [6.07, 6.45) is -0.273. The van der Waals surface area contributed by atoms with E-state index >= 15 is 0 Å². The van der Waals surface area contributed by atoms with E-state index in [0.717, 1.165) is 24.5 Å². The number of hydrogen-bond donors (Lipinski definition) is 1.